The fourth-order valence-corrected chi connectivity index (χ4v) is 3.84. The third-order valence-electron chi connectivity index (χ3n) is 5.76. The summed E-state index contributed by atoms with van der Waals surface area (Å²) in [4.78, 5) is 9.24. The molecule has 2 aromatic heterocycles. The van der Waals surface area contributed by atoms with E-state index in [0.717, 1.165) is 35.8 Å². The molecule has 7 nitrogen and oxygen atoms in total. The second kappa shape index (κ2) is 9.68. The zero-order valence-corrected chi connectivity index (χ0v) is 19.3. The lowest BCUT2D eigenvalue weighted by atomic mass is 10.1. The molecular weight excluding hydrogens is 398 g/mol. The van der Waals surface area contributed by atoms with E-state index in [-0.39, 0.29) is 0 Å². The fourth-order valence-electron chi connectivity index (χ4n) is 3.84. The Balaban J connectivity index is 1.39. The van der Waals surface area contributed by atoms with Crippen LogP contribution in [0.2, 0.25) is 0 Å². The summed E-state index contributed by atoms with van der Waals surface area (Å²) in [6, 6.07) is 16.9. The van der Waals surface area contributed by atoms with Crippen molar-refractivity contribution in [3.05, 3.63) is 82.9 Å². The summed E-state index contributed by atoms with van der Waals surface area (Å²) in [5.74, 6) is 0.809. The van der Waals surface area contributed by atoms with Crippen LogP contribution in [0.3, 0.4) is 0 Å². The van der Waals surface area contributed by atoms with E-state index < -0.39 is 0 Å². The molecule has 0 saturated carbocycles. The number of aromatic nitrogens is 4. The third-order valence-corrected chi connectivity index (χ3v) is 5.76. The van der Waals surface area contributed by atoms with E-state index in [1.807, 2.05) is 37.1 Å². The molecule has 2 aromatic carbocycles. The van der Waals surface area contributed by atoms with E-state index in [1.54, 1.807) is 0 Å². The van der Waals surface area contributed by atoms with Crippen LogP contribution >= 0.6 is 0 Å². The minimum Gasteiger partial charge on any atom is -0.357 e. The van der Waals surface area contributed by atoms with Gasteiger partial charge in [0.15, 0.2) is 5.96 Å². The fraction of sp³-hybridized carbons (Fsp3) is 0.320. The van der Waals surface area contributed by atoms with Crippen molar-refractivity contribution in [2.24, 2.45) is 12.0 Å². The van der Waals surface area contributed by atoms with Crippen molar-refractivity contribution in [1.82, 2.24) is 30.0 Å². The maximum absolute atomic E-state index is 4.76. The summed E-state index contributed by atoms with van der Waals surface area (Å²) in [5, 5.41) is 11.3. The summed E-state index contributed by atoms with van der Waals surface area (Å²) in [6.07, 6.45) is 1.91. The standard InChI is InChI=1S/C25H31N7/c1-5-26-25(28-15-22-18(2)30-31(4)19(22)3)27-14-20-10-12-21(13-11-20)16-32-17-29-23-8-6-7-9-24(23)32/h6-13,17H,5,14-16H2,1-4H3,(H2,26,27,28). The van der Waals surface area contributed by atoms with Crippen LogP contribution in [-0.2, 0) is 26.7 Å². The van der Waals surface area contributed by atoms with Crippen LogP contribution in [0.5, 0.6) is 0 Å². The summed E-state index contributed by atoms with van der Waals surface area (Å²) in [6.45, 7) is 9.15. The molecule has 0 unspecified atom stereocenters. The average Bonchev–Trinajstić information content (AvgIpc) is 3.31. The van der Waals surface area contributed by atoms with Crippen LogP contribution in [0.15, 0.2) is 59.9 Å². The Morgan fingerprint density at radius 2 is 1.75 bits per heavy atom. The second-order valence-electron chi connectivity index (χ2n) is 8.00. The summed E-state index contributed by atoms with van der Waals surface area (Å²) >= 11 is 0. The molecule has 0 spiro atoms. The molecule has 0 saturated heterocycles. The van der Waals surface area contributed by atoms with Gasteiger partial charge in [-0.1, -0.05) is 36.4 Å². The summed E-state index contributed by atoms with van der Waals surface area (Å²) in [7, 11) is 1.98. The van der Waals surface area contributed by atoms with Crippen molar-refractivity contribution in [1.29, 1.82) is 0 Å². The van der Waals surface area contributed by atoms with Crippen LogP contribution in [-0.4, -0.2) is 31.8 Å². The Kier molecular flexibility index (Phi) is 6.54. The van der Waals surface area contributed by atoms with Crippen LogP contribution < -0.4 is 10.6 Å². The van der Waals surface area contributed by atoms with Gasteiger partial charge in [-0.05, 0) is 44.0 Å². The van der Waals surface area contributed by atoms with Gasteiger partial charge in [0.05, 0.1) is 29.6 Å². The molecule has 0 aliphatic heterocycles. The zero-order valence-electron chi connectivity index (χ0n) is 19.3. The molecular formula is C25H31N7. The van der Waals surface area contributed by atoms with Gasteiger partial charge in [0.25, 0.3) is 0 Å². The minimum atomic E-state index is 0.620. The number of aliphatic imine (C=N–C) groups is 1. The molecule has 0 amide bonds. The number of aryl methyl sites for hydroxylation is 2. The van der Waals surface area contributed by atoms with Gasteiger partial charge in [0.2, 0.25) is 0 Å². The number of para-hydroxylation sites is 2. The van der Waals surface area contributed by atoms with Crippen molar-refractivity contribution in [2.45, 2.75) is 40.4 Å². The molecule has 4 aromatic rings. The van der Waals surface area contributed by atoms with Gasteiger partial charge >= 0.3 is 0 Å². The number of hydrogen-bond acceptors (Lipinski definition) is 3. The Morgan fingerprint density at radius 1 is 1.00 bits per heavy atom. The quantitative estimate of drug-likeness (QED) is 0.347. The monoisotopic (exact) mass is 429 g/mol. The highest BCUT2D eigenvalue weighted by atomic mass is 15.3. The topological polar surface area (TPSA) is 72.1 Å². The van der Waals surface area contributed by atoms with Crippen molar-refractivity contribution in [3.8, 4) is 0 Å². The molecule has 4 rings (SSSR count). The number of nitrogens with one attached hydrogen (secondary N) is 2. The first-order valence-electron chi connectivity index (χ1n) is 11.0. The largest absolute Gasteiger partial charge is 0.357 e. The Bertz CT molecular complexity index is 1220. The maximum Gasteiger partial charge on any atom is 0.191 e. The van der Waals surface area contributed by atoms with Crippen LogP contribution in [0.4, 0.5) is 0 Å². The average molecular weight is 430 g/mol. The highest BCUT2D eigenvalue weighted by molar-refractivity contribution is 5.79. The number of benzene rings is 2. The molecule has 0 aliphatic carbocycles. The molecule has 32 heavy (non-hydrogen) atoms. The lowest BCUT2D eigenvalue weighted by Crippen LogP contribution is -2.37. The zero-order chi connectivity index (χ0) is 22.5. The first kappa shape index (κ1) is 21.6. The van der Waals surface area contributed by atoms with Gasteiger partial charge in [0.1, 0.15) is 0 Å². The molecule has 7 heteroatoms. The van der Waals surface area contributed by atoms with Gasteiger partial charge in [-0.3, -0.25) is 4.68 Å². The predicted octanol–water partition coefficient (Wildman–Crippen LogP) is 3.69. The SMILES string of the molecule is CCNC(=NCc1ccc(Cn2cnc3ccccc32)cc1)NCc1c(C)nn(C)c1C. The van der Waals surface area contributed by atoms with Crippen molar-refractivity contribution in [2.75, 3.05) is 6.54 Å². The minimum absolute atomic E-state index is 0.620. The molecule has 2 N–H and O–H groups in total. The van der Waals surface area contributed by atoms with Crippen LogP contribution in [0.25, 0.3) is 11.0 Å². The number of hydrogen-bond donors (Lipinski definition) is 2. The van der Waals surface area contributed by atoms with Gasteiger partial charge in [-0.25, -0.2) is 9.98 Å². The first-order chi connectivity index (χ1) is 15.5. The molecule has 0 bridgehead atoms. The molecule has 0 aliphatic rings. The van der Waals surface area contributed by atoms with E-state index in [1.165, 1.54) is 22.4 Å². The lowest BCUT2D eigenvalue weighted by molar-refractivity contribution is 0.728. The van der Waals surface area contributed by atoms with E-state index in [4.69, 9.17) is 4.99 Å². The molecule has 0 fully saturated rings. The Hall–Kier alpha value is -3.61. The van der Waals surface area contributed by atoms with E-state index in [9.17, 15) is 0 Å². The number of guanidine groups is 1. The van der Waals surface area contributed by atoms with E-state index >= 15 is 0 Å². The van der Waals surface area contributed by atoms with Crippen LogP contribution in [0.1, 0.15) is 35.0 Å². The van der Waals surface area contributed by atoms with Crippen molar-refractivity contribution >= 4 is 17.0 Å². The second-order valence-corrected chi connectivity index (χ2v) is 8.00. The number of rotatable bonds is 7. The summed E-state index contributed by atoms with van der Waals surface area (Å²) < 4.78 is 4.10. The Labute approximate surface area is 189 Å². The maximum atomic E-state index is 4.76. The normalized spacial score (nSPS) is 11.8. The predicted molar refractivity (Wildman–Crippen MR) is 130 cm³/mol. The smallest absolute Gasteiger partial charge is 0.191 e. The first-order valence-corrected chi connectivity index (χ1v) is 11.0. The van der Waals surface area contributed by atoms with Gasteiger partial charge < -0.3 is 15.2 Å². The molecule has 0 atom stereocenters. The molecule has 0 radical (unpaired) electrons. The van der Waals surface area contributed by atoms with Gasteiger partial charge in [0, 0.05) is 37.9 Å². The highest BCUT2D eigenvalue weighted by Crippen LogP contribution is 2.15. The van der Waals surface area contributed by atoms with Gasteiger partial charge in [-0.2, -0.15) is 5.10 Å². The van der Waals surface area contributed by atoms with Crippen molar-refractivity contribution < 1.29 is 0 Å². The number of fused-ring (bicyclic) bond motifs is 1. The lowest BCUT2D eigenvalue weighted by Gasteiger charge is -2.12. The van der Waals surface area contributed by atoms with Gasteiger partial charge in [-0.15, -0.1) is 0 Å². The Morgan fingerprint density at radius 3 is 2.47 bits per heavy atom. The third kappa shape index (κ3) is 4.82. The van der Waals surface area contributed by atoms with Crippen LogP contribution in [0, 0.1) is 13.8 Å². The van der Waals surface area contributed by atoms with E-state index in [2.05, 4.69) is 75.5 Å². The molecule has 2 heterocycles. The number of imidazole rings is 1. The number of nitrogens with zero attached hydrogens (tertiary/aromatic N) is 5. The highest BCUT2D eigenvalue weighted by Gasteiger charge is 2.10. The van der Waals surface area contributed by atoms with E-state index in [0.29, 0.717) is 13.1 Å². The molecule has 166 valence electrons. The van der Waals surface area contributed by atoms with Crippen molar-refractivity contribution in [3.63, 3.8) is 0 Å². The summed E-state index contributed by atoms with van der Waals surface area (Å²) in [5.41, 5.74) is 8.04.